The Hall–Kier alpha value is -2.17. The summed E-state index contributed by atoms with van der Waals surface area (Å²) in [4.78, 5) is 17.0. The van der Waals surface area contributed by atoms with Crippen LogP contribution in [-0.2, 0) is 28.5 Å². The quantitative estimate of drug-likeness (QED) is 0.830. The molecular formula is C18H21N2O4P. The van der Waals surface area contributed by atoms with E-state index in [2.05, 4.69) is 4.98 Å². The number of pyridine rings is 1. The van der Waals surface area contributed by atoms with Gasteiger partial charge in [0.05, 0.1) is 6.54 Å². The molecule has 1 aliphatic rings. The summed E-state index contributed by atoms with van der Waals surface area (Å²) in [6.07, 6.45) is 0.635. The average Bonchev–Trinajstić information content (AvgIpc) is 2.66. The van der Waals surface area contributed by atoms with Gasteiger partial charge >= 0.3 is 6.09 Å². The fourth-order valence-corrected chi connectivity index (χ4v) is 4.70. The minimum Gasteiger partial charge on any atom is -0.465 e. The van der Waals surface area contributed by atoms with E-state index in [0.29, 0.717) is 37.5 Å². The maximum Gasteiger partial charge on any atom is 0.407 e. The lowest BCUT2D eigenvalue weighted by atomic mass is 10.1. The van der Waals surface area contributed by atoms with Gasteiger partial charge in [-0.05, 0) is 23.6 Å². The molecule has 1 aromatic heterocycles. The molecule has 3 rings (SSSR count). The summed E-state index contributed by atoms with van der Waals surface area (Å²) in [5.41, 5.74) is 3.25. The number of aryl methyl sites for hydroxylation is 1. The van der Waals surface area contributed by atoms with Crippen LogP contribution in [0, 0.1) is 0 Å². The second-order valence-corrected chi connectivity index (χ2v) is 8.66. The van der Waals surface area contributed by atoms with Crippen LogP contribution < -0.4 is 5.44 Å². The van der Waals surface area contributed by atoms with Gasteiger partial charge in [0.25, 0.3) is 0 Å². The van der Waals surface area contributed by atoms with Crippen molar-refractivity contribution in [1.29, 1.82) is 0 Å². The number of fused-ring (bicyclic) bond motifs is 1. The van der Waals surface area contributed by atoms with Crippen LogP contribution in [0.3, 0.4) is 0 Å². The van der Waals surface area contributed by atoms with Gasteiger partial charge in [-0.15, -0.1) is 0 Å². The molecule has 0 spiro atoms. The van der Waals surface area contributed by atoms with Crippen molar-refractivity contribution >= 4 is 18.9 Å². The Morgan fingerprint density at radius 1 is 1.28 bits per heavy atom. The molecule has 1 atom stereocenters. The summed E-state index contributed by atoms with van der Waals surface area (Å²) in [6, 6.07) is 13.4. The zero-order valence-electron chi connectivity index (χ0n) is 14.1. The molecule has 1 aliphatic heterocycles. The van der Waals surface area contributed by atoms with Gasteiger partial charge in [-0.2, -0.15) is 0 Å². The Kier molecular flexibility index (Phi) is 5.21. The lowest BCUT2D eigenvalue weighted by Crippen LogP contribution is -2.36. The van der Waals surface area contributed by atoms with Crippen LogP contribution in [0.1, 0.15) is 16.8 Å². The van der Waals surface area contributed by atoms with Crippen molar-refractivity contribution in [2.45, 2.75) is 19.4 Å². The number of benzene rings is 1. The first-order valence-corrected chi connectivity index (χ1v) is 9.99. The Balaban J connectivity index is 1.79. The van der Waals surface area contributed by atoms with E-state index in [0.717, 1.165) is 16.8 Å². The molecule has 132 valence electrons. The molecule has 6 nitrogen and oxygen atoms in total. The third-order valence-electron chi connectivity index (χ3n) is 4.49. The van der Waals surface area contributed by atoms with Crippen LogP contribution in [0.5, 0.6) is 0 Å². The van der Waals surface area contributed by atoms with E-state index in [9.17, 15) is 9.36 Å². The maximum absolute atomic E-state index is 13.2. The van der Waals surface area contributed by atoms with E-state index >= 15 is 0 Å². The molecule has 1 unspecified atom stereocenters. The van der Waals surface area contributed by atoms with Crippen molar-refractivity contribution in [3.05, 3.63) is 59.3 Å². The van der Waals surface area contributed by atoms with Crippen LogP contribution in [-0.4, -0.2) is 40.9 Å². The van der Waals surface area contributed by atoms with Crippen molar-refractivity contribution < 1.29 is 19.0 Å². The first-order chi connectivity index (χ1) is 12.0. The fourth-order valence-electron chi connectivity index (χ4n) is 2.98. The van der Waals surface area contributed by atoms with E-state index in [-0.39, 0.29) is 0 Å². The summed E-state index contributed by atoms with van der Waals surface area (Å²) >= 11 is 0. The minimum atomic E-state index is -3.04. The molecule has 0 saturated carbocycles. The van der Waals surface area contributed by atoms with Crippen LogP contribution in [0.2, 0.25) is 0 Å². The topological polar surface area (TPSA) is 79.7 Å². The van der Waals surface area contributed by atoms with Gasteiger partial charge in [-0.3, -0.25) is 4.57 Å². The fraction of sp³-hybridized carbons (Fsp3) is 0.333. The third kappa shape index (κ3) is 3.91. The van der Waals surface area contributed by atoms with Crippen LogP contribution >= 0.6 is 7.37 Å². The van der Waals surface area contributed by atoms with Crippen molar-refractivity contribution in [2.75, 3.05) is 19.8 Å². The smallest absolute Gasteiger partial charge is 0.407 e. The van der Waals surface area contributed by atoms with Crippen molar-refractivity contribution in [2.24, 2.45) is 0 Å². The molecule has 25 heavy (non-hydrogen) atoms. The highest BCUT2D eigenvalue weighted by molar-refractivity contribution is 7.66. The molecule has 7 heteroatoms. The SMILES string of the molecule is COP(=O)(CCc1ccccc1)c1ccc2c(n1)CCN(C(=O)O)C2. The molecule has 0 aliphatic carbocycles. The number of hydrogen-bond acceptors (Lipinski definition) is 4. The molecule has 1 amide bonds. The molecule has 0 saturated heterocycles. The number of rotatable bonds is 5. The van der Waals surface area contributed by atoms with Gasteiger partial charge in [0.2, 0.25) is 7.37 Å². The number of carboxylic acid groups (broad SMARTS) is 1. The highest BCUT2D eigenvalue weighted by atomic mass is 31.2. The zero-order valence-corrected chi connectivity index (χ0v) is 15.0. The van der Waals surface area contributed by atoms with Crippen molar-refractivity contribution in [3.8, 4) is 0 Å². The number of hydrogen-bond donors (Lipinski definition) is 1. The summed E-state index contributed by atoms with van der Waals surface area (Å²) in [5.74, 6) is 0. The van der Waals surface area contributed by atoms with Crippen molar-refractivity contribution in [3.63, 3.8) is 0 Å². The largest absolute Gasteiger partial charge is 0.465 e. The second-order valence-electron chi connectivity index (χ2n) is 6.04. The van der Waals surface area contributed by atoms with Gasteiger partial charge in [0, 0.05) is 31.9 Å². The summed E-state index contributed by atoms with van der Waals surface area (Å²) in [7, 11) is -1.58. The first kappa shape index (κ1) is 17.6. The molecule has 2 aromatic rings. The second kappa shape index (κ2) is 7.38. The number of aromatic nitrogens is 1. The molecule has 0 bridgehead atoms. The maximum atomic E-state index is 13.2. The third-order valence-corrected chi connectivity index (χ3v) is 6.84. The Bertz CT molecular complexity index is 810. The number of nitrogens with zero attached hydrogens (tertiary/aromatic N) is 2. The Morgan fingerprint density at radius 3 is 2.72 bits per heavy atom. The van der Waals surface area contributed by atoms with Crippen LogP contribution in [0.15, 0.2) is 42.5 Å². The van der Waals surface area contributed by atoms with E-state index in [1.807, 2.05) is 36.4 Å². The van der Waals surface area contributed by atoms with Gasteiger partial charge in [-0.1, -0.05) is 36.4 Å². The normalized spacial score (nSPS) is 16.1. The summed E-state index contributed by atoms with van der Waals surface area (Å²) < 4.78 is 18.6. The Morgan fingerprint density at radius 2 is 2.04 bits per heavy atom. The van der Waals surface area contributed by atoms with Gasteiger partial charge < -0.3 is 14.5 Å². The highest BCUT2D eigenvalue weighted by Crippen LogP contribution is 2.44. The first-order valence-electron chi connectivity index (χ1n) is 8.18. The number of carbonyl (C=O) groups is 1. The highest BCUT2D eigenvalue weighted by Gasteiger charge is 2.28. The monoisotopic (exact) mass is 360 g/mol. The predicted molar refractivity (Wildman–Crippen MR) is 95.6 cm³/mol. The van der Waals surface area contributed by atoms with E-state index < -0.39 is 13.5 Å². The molecule has 1 N–H and O–H groups in total. The molecular weight excluding hydrogens is 339 g/mol. The van der Waals surface area contributed by atoms with Gasteiger partial charge in [-0.25, -0.2) is 9.78 Å². The summed E-state index contributed by atoms with van der Waals surface area (Å²) in [6.45, 7) is 0.722. The van der Waals surface area contributed by atoms with E-state index in [4.69, 9.17) is 9.63 Å². The number of amides is 1. The van der Waals surface area contributed by atoms with Crippen LogP contribution in [0.25, 0.3) is 0 Å². The van der Waals surface area contributed by atoms with Gasteiger partial charge in [0.1, 0.15) is 5.44 Å². The zero-order chi connectivity index (χ0) is 17.9. The summed E-state index contributed by atoms with van der Waals surface area (Å²) in [5, 5.41) is 9.10. The predicted octanol–water partition coefficient (Wildman–Crippen LogP) is 2.91. The lowest BCUT2D eigenvalue weighted by Gasteiger charge is -2.26. The average molecular weight is 360 g/mol. The molecule has 0 fully saturated rings. The molecule has 2 heterocycles. The lowest BCUT2D eigenvalue weighted by molar-refractivity contribution is 0.139. The Labute approximate surface area is 146 Å². The van der Waals surface area contributed by atoms with Gasteiger partial charge in [0.15, 0.2) is 0 Å². The molecule has 1 aromatic carbocycles. The minimum absolute atomic E-state index is 0.319. The van der Waals surface area contributed by atoms with E-state index in [1.54, 1.807) is 6.07 Å². The van der Waals surface area contributed by atoms with Crippen molar-refractivity contribution in [1.82, 2.24) is 9.88 Å². The van der Waals surface area contributed by atoms with Crippen LogP contribution in [0.4, 0.5) is 4.79 Å². The molecule has 0 radical (unpaired) electrons. The van der Waals surface area contributed by atoms with E-state index in [1.165, 1.54) is 12.0 Å². The standard InChI is InChI=1S/C18H21N2O4P/c1-24-25(23,12-10-14-5-3-2-4-6-14)17-8-7-15-13-20(18(21)22)11-9-16(15)19-17/h2-8H,9-13H2,1H3,(H,21,22).